The average molecular weight is 325 g/mol. The van der Waals surface area contributed by atoms with Crippen molar-refractivity contribution in [3.05, 3.63) is 65.7 Å². The van der Waals surface area contributed by atoms with Gasteiger partial charge in [-0.3, -0.25) is 5.43 Å². The largest absolute Gasteiger partial charge is 0.493 e. The van der Waals surface area contributed by atoms with Gasteiger partial charge in [-0.1, -0.05) is 42.5 Å². The first kappa shape index (κ1) is 15.1. The Kier molecular flexibility index (Phi) is 4.25. The summed E-state index contributed by atoms with van der Waals surface area (Å²) in [6.07, 6.45) is 0. The van der Waals surface area contributed by atoms with Gasteiger partial charge in [0.15, 0.2) is 11.3 Å². The van der Waals surface area contributed by atoms with E-state index in [0.717, 1.165) is 11.1 Å². The SMILES string of the molecule is COc1cccc2cc(C(N)=S)c(=NNc3ccccc3)oc12. The first-order chi connectivity index (χ1) is 11.2. The predicted molar refractivity (Wildman–Crippen MR) is 94.3 cm³/mol. The lowest BCUT2D eigenvalue weighted by Gasteiger charge is -2.07. The quantitative estimate of drug-likeness (QED) is 0.570. The molecule has 1 aromatic heterocycles. The molecule has 0 aliphatic carbocycles. The van der Waals surface area contributed by atoms with Crippen molar-refractivity contribution in [1.82, 2.24) is 0 Å². The molecule has 0 aliphatic heterocycles. The third-order valence-electron chi connectivity index (χ3n) is 3.28. The molecule has 23 heavy (non-hydrogen) atoms. The molecular weight excluding hydrogens is 310 g/mol. The number of benzene rings is 2. The first-order valence-electron chi connectivity index (χ1n) is 6.94. The fourth-order valence-electron chi connectivity index (χ4n) is 2.17. The third-order valence-corrected chi connectivity index (χ3v) is 3.50. The van der Waals surface area contributed by atoms with Crippen molar-refractivity contribution in [2.75, 3.05) is 12.5 Å². The number of hydrogen-bond donors (Lipinski definition) is 2. The molecule has 0 bridgehead atoms. The van der Waals surface area contributed by atoms with Crippen molar-refractivity contribution in [1.29, 1.82) is 0 Å². The van der Waals surface area contributed by atoms with Crippen LogP contribution in [0.25, 0.3) is 11.0 Å². The molecule has 0 spiro atoms. The highest BCUT2D eigenvalue weighted by Crippen LogP contribution is 2.24. The fraction of sp³-hybridized carbons (Fsp3) is 0.0588. The zero-order valence-corrected chi connectivity index (χ0v) is 13.3. The third kappa shape index (κ3) is 3.17. The van der Waals surface area contributed by atoms with Crippen LogP contribution in [-0.2, 0) is 0 Å². The second-order valence-corrected chi connectivity index (χ2v) is 5.24. The van der Waals surface area contributed by atoms with Crippen molar-refractivity contribution < 1.29 is 9.15 Å². The Morgan fingerprint density at radius 2 is 1.96 bits per heavy atom. The number of anilines is 1. The molecule has 1 heterocycles. The van der Waals surface area contributed by atoms with Gasteiger partial charge in [-0.05, 0) is 24.3 Å². The summed E-state index contributed by atoms with van der Waals surface area (Å²) in [5.41, 5.74) is 11.0. The number of hydrogen-bond acceptors (Lipinski definition) is 5. The molecular formula is C17H15N3O2S. The molecule has 5 nitrogen and oxygen atoms in total. The van der Waals surface area contributed by atoms with Gasteiger partial charge >= 0.3 is 0 Å². The number of fused-ring (bicyclic) bond motifs is 1. The summed E-state index contributed by atoms with van der Waals surface area (Å²) in [5, 5.41) is 5.12. The lowest BCUT2D eigenvalue weighted by Crippen LogP contribution is -2.22. The van der Waals surface area contributed by atoms with Crippen LogP contribution >= 0.6 is 12.2 Å². The Balaban J connectivity index is 2.17. The van der Waals surface area contributed by atoms with E-state index in [1.54, 1.807) is 7.11 Å². The van der Waals surface area contributed by atoms with E-state index in [-0.39, 0.29) is 4.99 Å². The van der Waals surface area contributed by atoms with Gasteiger partial charge in [-0.15, -0.1) is 5.10 Å². The van der Waals surface area contributed by atoms with E-state index in [4.69, 9.17) is 27.1 Å². The van der Waals surface area contributed by atoms with Gasteiger partial charge in [0, 0.05) is 5.39 Å². The fourth-order valence-corrected chi connectivity index (χ4v) is 2.32. The second-order valence-electron chi connectivity index (χ2n) is 4.80. The first-order valence-corrected chi connectivity index (χ1v) is 7.35. The minimum atomic E-state index is 0.215. The van der Waals surface area contributed by atoms with E-state index in [1.165, 1.54) is 0 Å². The van der Waals surface area contributed by atoms with Gasteiger partial charge in [0.05, 0.1) is 18.4 Å². The van der Waals surface area contributed by atoms with Crippen LogP contribution in [0.4, 0.5) is 5.69 Å². The van der Waals surface area contributed by atoms with E-state index in [9.17, 15) is 0 Å². The molecule has 0 radical (unpaired) electrons. The summed E-state index contributed by atoms with van der Waals surface area (Å²) in [6.45, 7) is 0. The Hall–Kier alpha value is -2.86. The number of thiocarbonyl (C=S) groups is 1. The maximum Gasteiger partial charge on any atom is 0.246 e. The van der Waals surface area contributed by atoms with E-state index < -0.39 is 0 Å². The van der Waals surface area contributed by atoms with E-state index >= 15 is 0 Å². The van der Waals surface area contributed by atoms with Gasteiger partial charge in [-0.25, -0.2) is 0 Å². The minimum absolute atomic E-state index is 0.215. The summed E-state index contributed by atoms with van der Waals surface area (Å²) in [7, 11) is 1.59. The van der Waals surface area contributed by atoms with Gasteiger partial charge in [0.2, 0.25) is 5.55 Å². The number of nitrogens with zero attached hydrogens (tertiary/aromatic N) is 1. The molecule has 0 amide bonds. The number of nitrogens with one attached hydrogen (secondary N) is 1. The summed E-state index contributed by atoms with van der Waals surface area (Å²) in [4.78, 5) is 0.215. The zero-order valence-electron chi connectivity index (χ0n) is 12.4. The zero-order chi connectivity index (χ0) is 16.2. The summed E-state index contributed by atoms with van der Waals surface area (Å²) in [5.74, 6) is 0.619. The molecule has 116 valence electrons. The Morgan fingerprint density at radius 3 is 2.65 bits per heavy atom. The van der Waals surface area contributed by atoms with Crippen molar-refractivity contribution >= 4 is 33.9 Å². The molecule has 3 aromatic rings. The van der Waals surface area contributed by atoms with Gasteiger partial charge in [-0.2, -0.15) is 0 Å². The standard InChI is InChI=1S/C17H15N3O2S/c1-21-14-9-5-6-11-10-13(16(18)23)17(22-15(11)14)20-19-12-7-3-2-4-8-12/h2-10,19H,1H3,(H2,18,23). The number of nitrogens with two attached hydrogens (primary N) is 1. The molecule has 0 saturated carbocycles. The van der Waals surface area contributed by atoms with Gasteiger partial charge in [0.25, 0.3) is 0 Å². The predicted octanol–water partition coefficient (Wildman–Crippen LogP) is 3.00. The highest BCUT2D eigenvalue weighted by molar-refractivity contribution is 7.80. The Labute approximate surface area is 138 Å². The molecule has 0 aliphatic rings. The normalized spacial score (nSPS) is 11.4. The van der Waals surface area contributed by atoms with Crippen molar-refractivity contribution in [3.8, 4) is 5.75 Å². The van der Waals surface area contributed by atoms with Crippen LogP contribution in [0.2, 0.25) is 0 Å². The number of rotatable bonds is 4. The topological polar surface area (TPSA) is 72.8 Å². The summed E-state index contributed by atoms with van der Waals surface area (Å²) < 4.78 is 11.2. The maximum atomic E-state index is 5.88. The number of para-hydroxylation sites is 2. The molecule has 0 fully saturated rings. The number of ether oxygens (including phenoxy) is 1. The highest BCUT2D eigenvalue weighted by atomic mass is 32.1. The van der Waals surface area contributed by atoms with Crippen molar-refractivity contribution in [2.24, 2.45) is 10.8 Å². The van der Waals surface area contributed by atoms with Crippen LogP contribution in [0.5, 0.6) is 5.75 Å². The molecule has 2 aromatic carbocycles. The van der Waals surface area contributed by atoms with E-state index in [2.05, 4.69) is 10.5 Å². The van der Waals surface area contributed by atoms with E-state index in [0.29, 0.717) is 22.5 Å². The van der Waals surface area contributed by atoms with Crippen LogP contribution in [0.3, 0.4) is 0 Å². The molecule has 3 N–H and O–H groups in total. The van der Waals surface area contributed by atoms with Crippen LogP contribution in [0, 0.1) is 0 Å². The maximum absolute atomic E-state index is 5.88. The molecule has 6 heteroatoms. The monoisotopic (exact) mass is 325 g/mol. The molecule has 3 rings (SSSR count). The minimum Gasteiger partial charge on any atom is -0.493 e. The molecule has 0 atom stereocenters. The van der Waals surface area contributed by atoms with Crippen LogP contribution in [-0.4, -0.2) is 12.1 Å². The van der Waals surface area contributed by atoms with Gasteiger partial charge in [0.1, 0.15) is 4.99 Å². The Morgan fingerprint density at radius 1 is 1.17 bits per heavy atom. The smallest absolute Gasteiger partial charge is 0.246 e. The van der Waals surface area contributed by atoms with Gasteiger partial charge < -0.3 is 14.9 Å². The second kappa shape index (κ2) is 6.50. The summed E-state index contributed by atoms with van der Waals surface area (Å²) in [6, 6.07) is 17.0. The summed E-state index contributed by atoms with van der Waals surface area (Å²) >= 11 is 5.10. The van der Waals surface area contributed by atoms with Crippen molar-refractivity contribution in [3.63, 3.8) is 0 Å². The lowest BCUT2D eigenvalue weighted by atomic mass is 10.1. The average Bonchev–Trinajstić information content (AvgIpc) is 2.59. The lowest BCUT2D eigenvalue weighted by molar-refractivity contribution is 0.405. The molecule has 0 saturated heterocycles. The van der Waals surface area contributed by atoms with Crippen LogP contribution in [0.15, 0.2) is 64.1 Å². The van der Waals surface area contributed by atoms with Crippen LogP contribution < -0.4 is 21.5 Å². The molecule has 0 unspecified atom stereocenters. The van der Waals surface area contributed by atoms with Crippen molar-refractivity contribution in [2.45, 2.75) is 0 Å². The highest BCUT2D eigenvalue weighted by Gasteiger charge is 2.10. The van der Waals surface area contributed by atoms with Crippen LogP contribution in [0.1, 0.15) is 5.56 Å². The van der Waals surface area contributed by atoms with E-state index in [1.807, 2.05) is 54.6 Å². The Bertz CT molecular complexity index is 920. The number of methoxy groups -OCH3 is 1.